The van der Waals surface area contributed by atoms with E-state index in [4.69, 9.17) is 0 Å². The Morgan fingerprint density at radius 1 is 1.25 bits per heavy atom. The third-order valence-corrected chi connectivity index (χ3v) is 4.45. The van der Waals surface area contributed by atoms with Gasteiger partial charge in [-0.1, -0.05) is 18.2 Å². The number of amides is 1. The molecule has 0 aliphatic heterocycles. The van der Waals surface area contributed by atoms with Gasteiger partial charge in [0, 0.05) is 45.0 Å². The van der Waals surface area contributed by atoms with Crippen LogP contribution in [0.2, 0.25) is 0 Å². The summed E-state index contributed by atoms with van der Waals surface area (Å²) in [6.45, 7) is 5.68. The van der Waals surface area contributed by atoms with Crippen molar-refractivity contribution in [2.75, 3.05) is 25.0 Å². The lowest BCUT2D eigenvalue weighted by atomic mass is 10.1. The Balaban J connectivity index is 1.67. The van der Waals surface area contributed by atoms with Crippen LogP contribution in [0.5, 0.6) is 0 Å². The number of nitrogens with zero attached hydrogens (tertiary/aromatic N) is 3. The fourth-order valence-corrected chi connectivity index (χ4v) is 2.86. The van der Waals surface area contributed by atoms with Gasteiger partial charge in [-0.2, -0.15) is 5.10 Å². The average molecular weight is 328 g/mol. The molecule has 5 heteroatoms. The number of carbonyl (C=O) groups is 1. The Bertz CT molecular complexity index is 664. The Hall–Kier alpha value is -2.30. The van der Waals surface area contributed by atoms with E-state index in [1.165, 1.54) is 11.3 Å². The third-order valence-electron chi connectivity index (χ3n) is 4.45. The summed E-state index contributed by atoms with van der Waals surface area (Å²) in [5.41, 5.74) is 4.56. The van der Waals surface area contributed by atoms with Gasteiger partial charge in [-0.25, -0.2) is 0 Å². The second-order valence-electron chi connectivity index (χ2n) is 6.23. The molecule has 5 nitrogen and oxygen atoms in total. The van der Waals surface area contributed by atoms with Crippen LogP contribution in [-0.4, -0.2) is 35.8 Å². The first-order valence-electron chi connectivity index (χ1n) is 8.51. The molecule has 0 aliphatic carbocycles. The molecule has 0 unspecified atom stereocenters. The number of hydrogen-bond donors (Lipinski definition) is 1. The Morgan fingerprint density at radius 3 is 2.58 bits per heavy atom. The number of carbonyl (C=O) groups excluding carboxylic acids is 1. The average Bonchev–Trinajstić information content (AvgIpc) is 2.82. The highest BCUT2D eigenvalue weighted by atomic mass is 16.1. The zero-order valence-corrected chi connectivity index (χ0v) is 15.2. The summed E-state index contributed by atoms with van der Waals surface area (Å²) in [5, 5.41) is 7.40. The SMILES string of the molecule is Cc1nn(C)c(C)c1CCC(=O)NCCCN(C)c1ccccc1. The third kappa shape index (κ3) is 4.85. The highest BCUT2D eigenvalue weighted by Crippen LogP contribution is 2.14. The summed E-state index contributed by atoms with van der Waals surface area (Å²) in [5.74, 6) is 0.111. The highest BCUT2D eigenvalue weighted by Gasteiger charge is 2.11. The van der Waals surface area contributed by atoms with Gasteiger partial charge in [-0.05, 0) is 44.4 Å². The zero-order chi connectivity index (χ0) is 17.5. The molecule has 2 rings (SSSR count). The standard InChI is InChI=1S/C19H28N4O/c1-15-18(16(2)23(4)21-15)11-12-19(24)20-13-8-14-22(3)17-9-6-5-7-10-17/h5-7,9-10H,8,11-14H2,1-4H3,(H,20,24). The molecule has 1 heterocycles. The van der Waals surface area contributed by atoms with Crippen LogP contribution in [0, 0.1) is 13.8 Å². The van der Waals surface area contributed by atoms with Crippen LogP contribution in [0.25, 0.3) is 0 Å². The van der Waals surface area contributed by atoms with Gasteiger partial charge in [0.2, 0.25) is 5.91 Å². The molecule has 1 aromatic heterocycles. The van der Waals surface area contributed by atoms with E-state index in [-0.39, 0.29) is 5.91 Å². The summed E-state index contributed by atoms with van der Waals surface area (Å²) in [7, 11) is 4.01. The van der Waals surface area contributed by atoms with Crippen LogP contribution in [0.4, 0.5) is 5.69 Å². The number of benzene rings is 1. The molecule has 0 spiro atoms. The summed E-state index contributed by atoms with van der Waals surface area (Å²) >= 11 is 0. The number of aryl methyl sites for hydroxylation is 2. The Morgan fingerprint density at radius 2 is 1.96 bits per heavy atom. The van der Waals surface area contributed by atoms with Gasteiger partial charge < -0.3 is 10.2 Å². The minimum absolute atomic E-state index is 0.111. The maximum atomic E-state index is 12.0. The largest absolute Gasteiger partial charge is 0.375 e. The minimum Gasteiger partial charge on any atom is -0.375 e. The van der Waals surface area contributed by atoms with Gasteiger partial charge >= 0.3 is 0 Å². The Kier molecular flexibility index (Phi) is 6.41. The van der Waals surface area contributed by atoms with Gasteiger partial charge in [0.25, 0.3) is 0 Å². The molecule has 0 radical (unpaired) electrons. The second-order valence-corrected chi connectivity index (χ2v) is 6.23. The summed E-state index contributed by atoms with van der Waals surface area (Å²) < 4.78 is 1.88. The van der Waals surface area contributed by atoms with Crippen molar-refractivity contribution in [1.29, 1.82) is 0 Å². The van der Waals surface area contributed by atoms with Crippen molar-refractivity contribution in [2.45, 2.75) is 33.1 Å². The number of anilines is 1. The van der Waals surface area contributed by atoms with E-state index in [0.29, 0.717) is 13.0 Å². The van der Waals surface area contributed by atoms with E-state index in [1.807, 2.05) is 43.8 Å². The van der Waals surface area contributed by atoms with Gasteiger partial charge in [-0.3, -0.25) is 9.48 Å². The minimum atomic E-state index is 0.111. The topological polar surface area (TPSA) is 50.2 Å². The first kappa shape index (κ1) is 18.0. The van der Waals surface area contributed by atoms with Crippen molar-refractivity contribution < 1.29 is 4.79 Å². The lowest BCUT2D eigenvalue weighted by molar-refractivity contribution is -0.121. The van der Waals surface area contributed by atoms with Crippen molar-refractivity contribution in [3.8, 4) is 0 Å². The van der Waals surface area contributed by atoms with Crippen LogP contribution in [0.3, 0.4) is 0 Å². The molecule has 2 aromatic rings. The monoisotopic (exact) mass is 328 g/mol. The second kappa shape index (κ2) is 8.52. The van der Waals surface area contributed by atoms with Crippen molar-refractivity contribution in [2.24, 2.45) is 7.05 Å². The lowest BCUT2D eigenvalue weighted by Crippen LogP contribution is -2.28. The fourth-order valence-electron chi connectivity index (χ4n) is 2.86. The van der Waals surface area contributed by atoms with Gasteiger partial charge in [0.15, 0.2) is 0 Å². The summed E-state index contributed by atoms with van der Waals surface area (Å²) in [6.07, 6.45) is 2.20. The number of para-hydroxylation sites is 1. The van der Waals surface area contributed by atoms with Crippen LogP contribution in [0.1, 0.15) is 29.8 Å². The van der Waals surface area contributed by atoms with Gasteiger partial charge in [0.05, 0.1) is 5.69 Å². The predicted octanol–water partition coefficient (Wildman–Crippen LogP) is 2.61. The first-order chi connectivity index (χ1) is 11.5. The molecule has 130 valence electrons. The smallest absolute Gasteiger partial charge is 0.220 e. The molecule has 0 saturated heterocycles. The van der Waals surface area contributed by atoms with Crippen molar-refractivity contribution >= 4 is 11.6 Å². The van der Waals surface area contributed by atoms with Gasteiger partial charge in [-0.15, -0.1) is 0 Å². The Labute approximate surface area is 144 Å². The predicted molar refractivity (Wildman–Crippen MR) is 98.3 cm³/mol. The fraction of sp³-hybridized carbons (Fsp3) is 0.474. The molecule has 24 heavy (non-hydrogen) atoms. The number of nitrogens with one attached hydrogen (secondary N) is 1. The van der Waals surface area contributed by atoms with Crippen molar-refractivity contribution in [3.63, 3.8) is 0 Å². The molecule has 0 fully saturated rings. The molecular weight excluding hydrogens is 300 g/mol. The molecule has 0 atom stereocenters. The quantitative estimate of drug-likeness (QED) is 0.758. The normalized spacial score (nSPS) is 10.7. The van der Waals surface area contributed by atoms with E-state index < -0.39 is 0 Å². The maximum absolute atomic E-state index is 12.0. The van der Waals surface area contributed by atoms with E-state index in [2.05, 4.69) is 34.5 Å². The van der Waals surface area contributed by atoms with Gasteiger partial charge in [0.1, 0.15) is 0 Å². The van der Waals surface area contributed by atoms with Crippen molar-refractivity contribution in [3.05, 3.63) is 47.3 Å². The molecule has 1 N–H and O–H groups in total. The number of rotatable bonds is 8. The lowest BCUT2D eigenvalue weighted by Gasteiger charge is -2.19. The molecule has 1 amide bonds. The van der Waals surface area contributed by atoms with E-state index in [1.54, 1.807) is 0 Å². The maximum Gasteiger partial charge on any atom is 0.220 e. The molecular formula is C19H28N4O. The summed E-state index contributed by atoms with van der Waals surface area (Å²) in [6, 6.07) is 10.3. The van der Waals surface area contributed by atoms with Crippen LogP contribution in [0.15, 0.2) is 30.3 Å². The van der Waals surface area contributed by atoms with E-state index >= 15 is 0 Å². The van der Waals surface area contributed by atoms with E-state index in [0.717, 1.165) is 30.8 Å². The van der Waals surface area contributed by atoms with Crippen LogP contribution >= 0.6 is 0 Å². The first-order valence-corrected chi connectivity index (χ1v) is 8.51. The molecule has 1 aromatic carbocycles. The zero-order valence-electron chi connectivity index (χ0n) is 15.2. The molecule has 0 saturated carbocycles. The number of hydrogen-bond acceptors (Lipinski definition) is 3. The van der Waals surface area contributed by atoms with Crippen LogP contribution in [-0.2, 0) is 18.3 Å². The molecule has 0 bridgehead atoms. The number of aromatic nitrogens is 2. The molecule has 0 aliphatic rings. The van der Waals surface area contributed by atoms with Crippen LogP contribution < -0.4 is 10.2 Å². The highest BCUT2D eigenvalue weighted by molar-refractivity contribution is 5.76. The van der Waals surface area contributed by atoms with E-state index in [9.17, 15) is 4.79 Å². The van der Waals surface area contributed by atoms with Crippen molar-refractivity contribution in [1.82, 2.24) is 15.1 Å². The summed E-state index contributed by atoms with van der Waals surface area (Å²) in [4.78, 5) is 14.2.